The highest BCUT2D eigenvalue weighted by molar-refractivity contribution is 7.71. The van der Waals surface area contributed by atoms with Crippen LogP contribution in [0.4, 0.5) is 15.8 Å². The van der Waals surface area contributed by atoms with E-state index in [9.17, 15) is 9.18 Å². The third-order valence-corrected chi connectivity index (χ3v) is 3.03. The van der Waals surface area contributed by atoms with Gasteiger partial charge in [0.15, 0.2) is 6.29 Å². The molecular weight excluding hydrogens is 251 g/mol. The molecule has 0 aliphatic carbocycles. The van der Waals surface area contributed by atoms with Crippen LogP contribution >= 0.6 is 12.2 Å². The summed E-state index contributed by atoms with van der Waals surface area (Å²) >= 11 is 5.11. The van der Waals surface area contributed by atoms with Crippen LogP contribution in [0.15, 0.2) is 30.5 Å². The number of pyridine rings is 1. The Bertz CT molecular complexity index is 634. The van der Waals surface area contributed by atoms with Gasteiger partial charge in [-0.1, -0.05) is 12.2 Å². The molecule has 0 unspecified atom stereocenters. The van der Waals surface area contributed by atoms with Crippen LogP contribution in [0.2, 0.25) is 0 Å². The van der Waals surface area contributed by atoms with Crippen LogP contribution in [-0.4, -0.2) is 11.3 Å². The second kappa shape index (κ2) is 5.10. The number of aromatic amines is 1. The van der Waals surface area contributed by atoms with Crippen molar-refractivity contribution < 1.29 is 9.18 Å². The van der Waals surface area contributed by atoms with E-state index in [-0.39, 0.29) is 5.82 Å². The Hall–Kier alpha value is -2.01. The number of nitrogens with one attached hydrogen (secondary N) is 2. The molecule has 0 atom stereocenters. The van der Waals surface area contributed by atoms with Crippen LogP contribution in [0.5, 0.6) is 0 Å². The van der Waals surface area contributed by atoms with Crippen LogP contribution < -0.4 is 5.32 Å². The first-order valence-corrected chi connectivity index (χ1v) is 5.72. The highest BCUT2D eigenvalue weighted by atomic mass is 32.1. The number of aromatic nitrogens is 1. The summed E-state index contributed by atoms with van der Waals surface area (Å²) in [5.41, 5.74) is 2.59. The molecule has 0 amide bonds. The number of benzene rings is 1. The number of carbonyl (C=O) groups is 1. The quantitative estimate of drug-likeness (QED) is 0.654. The van der Waals surface area contributed by atoms with Gasteiger partial charge in [-0.25, -0.2) is 4.39 Å². The summed E-state index contributed by atoms with van der Waals surface area (Å²) in [6.07, 6.45) is 2.29. The molecule has 2 N–H and O–H groups in total. The van der Waals surface area contributed by atoms with Crippen LogP contribution in [-0.2, 0) is 0 Å². The van der Waals surface area contributed by atoms with Crippen molar-refractivity contribution in [2.75, 3.05) is 5.32 Å². The normalized spacial score (nSPS) is 10.1. The number of anilines is 2. The molecule has 0 aliphatic heterocycles. The summed E-state index contributed by atoms with van der Waals surface area (Å²) in [6.45, 7) is 1.82. The molecule has 0 fully saturated rings. The Labute approximate surface area is 109 Å². The summed E-state index contributed by atoms with van der Waals surface area (Å²) in [6, 6.07) is 5.90. The van der Waals surface area contributed by atoms with Gasteiger partial charge in [0.25, 0.3) is 0 Å². The van der Waals surface area contributed by atoms with Crippen LogP contribution in [0.25, 0.3) is 0 Å². The van der Waals surface area contributed by atoms with E-state index in [0.717, 1.165) is 11.8 Å². The molecule has 0 aliphatic rings. The van der Waals surface area contributed by atoms with E-state index >= 15 is 0 Å². The van der Waals surface area contributed by atoms with Crippen molar-refractivity contribution >= 4 is 29.9 Å². The van der Waals surface area contributed by atoms with Gasteiger partial charge in [0, 0.05) is 17.4 Å². The minimum Gasteiger partial charge on any atom is -0.355 e. The molecule has 5 heteroatoms. The first kappa shape index (κ1) is 12.4. The fourth-order valence-electron chi connectivity index (χ4n) is 1.59. The lowest BCUT2D eigenvalue weighted by Crippen LogP contribution is -2.00. The van der Waals surface area contributed by atoms with E-state index in [2.05, 4.69) is 10.3 Å². The van der Waals surface area contributed by atoms with Gasteiger partial charge < -0.3 is 10.3 Å². The fraction of sp³-hybridized carbons (Fsp3) is 0.0769. The fourth-order valence-corrected chi connectivity index (χ4v) is 1.75. The van der Waals surface area contributed by atoms with Crippen molar-refractivity contribution in [2.45, 2.75) is 6.92 Å². The van der Waals surface area contributed by atoms with Crippen molar-refractivity contribution in [3.8, 4) is 0 Å². The number of H-pyrrole nitrogens is 1. The molecular formula is C13H11FN2OS. The van der Waals surface area contributed by atoms with E-state index in [1.807, 2.05) is 6.92 Å². The zero-order valence-corrected chi connectivity index (χ0v) is 10.5. The highest BCUT2D eigenvalue weighted by Gasteiger charge is 2.07. The van der Waals surface area contributed by atoms with Gasteiger partial charge in [-0.15, -0.1) is 0 Å². The number of hydrogen-bond donors (Lipinski definition) is 2. The van der Waals surface area contributed by atoms with Crippen molar-refractivity contribution in [1.82, 2.24) is 4.98 Å². The van der Waals surface area contributed by atoms with E-state index in [1.54, 1.807) is 18.3 Å². The maximum Gasteiger partial charge on any atom is 0.153 e. The van der Waals surface area contributed by atoms with E-state index < -0.39 is 0 Å². The minimum absolute atomic E-state index is 0.307. The standard InChI is InChI=1S/C13H11FN2OS/c1-8-12(9(7-17)6-15-13(8)18)16-11-4-2-10(14)3-5-11/h2-7H,1H3,(H2,15,16,18). The Balaban J connectivity index is 2.45. The zero-order valence-electron chi connectivity index (χ0n) is 9.66. The first-order valence-electron chi connectivity index (χ1n) is 5.32. The molecule has 2 aromatic rings. The third-order valence-electron chi connectivity index (χ3n) is 2.60. The summed E-state index contributed by atoms with van der Waals surface area (Å²) in [5, 5.41) is 3.08. The Morgan fingerprint density at radius 2 is 2.00 bits per heavy atom. The maximum absolute atomic E-state index is 12.8. The average molecular weight is 262 g/mol. The van der Waals surface area contributed by atoms with Crippen LogP contribution in [0.1, 0.15) is 15.9 Å². The van der Waals surface area contributed by atoms with Gasteiger partial charge in [0.1, 0.15) is 10.5 Å². The van der Waals surface area contributed by atoms with Gasteiger partial charge >= 0.3 is 0 Å². The smallest absolute Gasteiger partial charge is 0.153 e. The minimum atomic E-state index is -0.307. The van der Waals surface area contributed by atoms with Crippen molar-refractivity contribution in [1.29, 1.82) is 0 Å². The Morgan fingerprint density at radius 1 is 1.33 bits per heavy atom. The molecule has 1 heterocycles. The van der Waals surface area contributed by atoms with Crippen LogP contribution in [0, 0.1) is 17.4 Å². The van der Waals surface area contributed by atoms with Gasteiger partial charge in [0.05, 0.1) is 11.3 Å². The molecule has 3 nitrogen and oxygen atoms in total. The molecule has 92 valence electrons. The molecule has 0 saturated heterocycles. The summed E-state index contributed by atoms with van der Waals surface area (Å²) in [7, 11) is 0. The van der Waals surface area contributed by atoms with Gasteiger partial charge in [-0.3, -0.25) is 4.79 Å². The maximum atomic E-state index is 12.8. The molecule has 1 aromatic carbocycles. The molecule has 18 heavy (non-hydrogen) atoms. The second-order valence-electron chi connectivity index (χ2n) is 3.82. The van der Waals surface area contributed by atoms with Gasteiger partial charge in [0.2, 0.25) is 0 Å². The summed E-state index contributed by atoms with van der Waals surface area (Å²) in [4.78, 5) is 13.8. The monoisotopic (exact) mass is 262 g/mol. The predicted molar refractivity (Wildman–Crippen MR) is 71.4 cm³/mol. The van der Waals surface area contributed by atoms with E-state index in [4.69, 9.17) is 12.2 Å². The van der Waals surface area contributed by atoms with Crippen molar-refractivity contribution in [2.24, 2.45) is 0 Å². The summed E-state index contributed by atoms with van der Waals surface area (Å²) < 4.78 is 13.4. The molecule has 0 bridgehead atoms. The zero-order chi connectivity index (χ0) is 13.1. The topological polar surface area (TPSA) is 44.9 Å². The SMILES string of the molecule is Cc1c(Nc2ccc(F)cc2)c(C=O)c[nH]c1=S. The lowest BCUT2D eigenvalue weighted by atomic mass is 10.1. The second-order valence-corrected chi connectivity index (χ2v) is 4.23. The molecule has 0 saturated carbocycles. The predicted octanol–water partition coefficient (Wildman–Crippen LogP) is 3.75. The van der Waals surface area contributed by atoms with Gasteiger partial charge in [-0.2, -0.15) is 0 Å². The number of aldehydes is 1. The molecule has 0 spiro atoms. The Kier molecular flexibility index (Phi) is 3.53. The highest BCUT2D eigenvalue weighted by Crippen LogP contribution is 2.23. The third kappa shape index (κ3) is 2.46. The molecule has 1 aromatic heterocycles. The lowest BCUT2D eigenvalue weighted by molar-refractivity contribution is 0.112. The number of hydrogen-bond acceptors (Lipinski definition) is 3. The van der Waals surface area contributed by atoms with Crippen molar-refractivity contribution in [3.63, 3.8) is 0 Å². The van der Waals surface area contributed by atoms with Crippen LogP contribution in [0.3, 0.4) is 0 Å². The van der Waals surface area contributed by atoms with Gasteiger partial charge in [-0.05, 0) is 31.2 Å². The molecule has 2 rings (SSSR count). The number of rotatable bonds is 3. The van der Waals surface area contributed by atoms with E-state index in [1.165, 1.54) is 12.1 Å². The first-order chi connectivity index (χ1) is 8.61. The summed E-state index contributed by atoms with van der Waals surface area (Å²) in [5.74, 6) is -0.307. The number of carbonyl (C=O) groups excluding carboxylic acids is 1. The average Bonchev–Trinajstić information content (AvgIpc) is 2.38. The largest absolute Gasteiger partial charge is 0.355 e. The van der Waals surface area contributed by atoms with Crippen molar-refractivity contribution in [3.05, 3.63) is 52.0 Å². The Morgan fingerprint density at radius 3 is 2.61 bits per heavy atom. The number of halogens is 1. The lowest BCUT2D eigenvalue weighted by Gasteiger charge is -2.11. The van der Waals surface area contributed by atoms with E-state index in [0.29, 0.717) is 21.6 Å². The molecule has 0 radical (unpaired) electrons.